The molecular weight excluding hydrogens is 320 g/mol. The smallest absolute Gasteiger partial charge is 0.203 e. The second-order valence-corrected chi connectivity index (χ2v) is 6.26. The SMILES string of the molecule is CN=C(NCc1cc(OC)c(OC)c(OC)c1)NCC1CCN(C)C1. The zero-order valence-corrected chi connectivity index (χ0v) is 15.9. The summed E-state index contributed by atoms with van der Waals surface area (Å²) in [6.45, 7) is 3.85. The Kier molecular flexibility index (Phi) is 7.18. The number of hydrogen-bond acceptors (Lipinski definition) is 5. The second kappa shape index (κ2) is 9.36. The molecule has 1 heterocycles. The molecule has 2 rings (SSSR count). The van der Waals surface area contributed by atoms with Crippen LogP contribution in [0.5, 0.6) is 17.2 Å². The highest BCUT2D eigenvalue weighted by Gasteiger charge is 2.19. The van der Waals surface area contributed by atoms with Gasteiger partial charge in [-0.25, -0.2) is 0 Å². The van der Waals surface area contributed by atoms with Crippen LogP contribution in [-0.2, 0) is 6.54 Å². The fourth-order valence-corrected chi connectivity index (χ4v) is 3.08. The number of aliphatic imine (C=N–C) groups is 1. The minimum absolute atomic E-state index is 0.599. The maximum absolute atomic E-state index is 5.39. The number of ether oxygens (including phenoxy) is 3. The summed E-state index contributed by atoms with van der Waals surface area (Å²) in [5.74, 6) is 3.36. The molecular formula is C18H30N4O3. The van der Waals surface area contributed by atoms with Gasteiger partial charge in [-0.1, -0.05) is 0 Å². The van der Waals surface area contributed by atoms with Crippen LogP contribution in [0.3, 0.4) is 0 Å². The van der Waals surface area contributed by atoms with Crippen LogP contribution in [0.25, 0.3) is 0 Å². The molecule has 7 nitrogen and oxygen atoms in total. The van der Waals surface area contributed by atoms with Crippen LogP contribution in [0, 0.1) is 5.92 Å². The lowest BCUT2D eigenvalue weighted by atomic mass is 10.1. The molecule has 1 atom stereocenters. The first-order chi connectivity index (χ1) is 12.1. The first-order valence-electron chi connectivity index (χ1n) is 8.53. The van der Waals surface area contributed by atoms with E-state index in [2.05, 4.69) is 27.6 Å². The van der Waals surface area contributed by atoms with Crippen molar-refractivity contribution in [3.63, 3.8) is 0 Å². The van der Waals surface area contributed by atoms with Crippen LogP contribution < -0.4 is 24.8 Å². The van der Waals surface area contributed by atoms with Crippen molar-refractivity contribution >= 4 is 5.96 Å². The third-order valence-corrected chi connectivity index (χ3v) is 4.46. The van der Waals surface area contributed by atoms with E-state index >= 15 is 0 Å². The molecule has 2 N–H and O–H groups in total. The van der Waals surface area contributed by atoms with Gasteiger partial charge < -0.3 is 29.7 Å². The number of guanidine groups is 1. The number of benzene rings is 1. The Labute approximate surface area is 150 Å². The molecule has 7 heteroatoms. The molecule has 1 aromatic carbocycles. The topological polar surface area (TPSA) is 67.4 Å². The standard InChI is InChI=1S/C18H30N4O3/c1-19-18(20-10-13-6-7-22(2)12-13)21-11-14-8-15(23-3)17(25-5)16(9-14)24-4/h8-9,13H,6-7,10-12H2,1-5H3,(H2,19,20,21). The zero-order chi connectivity index (χ0) is 18.2. The van der Waals surface area contributed by atoms with Crippen LogP contribution in [-0.4, -0.2) is 65.9 Å². The van der Waals surface area contributed by atoms with Crippen LogP contribution in [0.1, 0.15) is 12.0 Å². The summed E-state index contributed by atoms with van der Waals surface area (Å²) >= 11 is 0. The second-order valence-electron chi connectivity index (χ2n) is 6.26. The van der Waals surface area contributed by atoms with Gasteiger partial charge in [-0.2, -0.15) is 0 Å². The highest BCUT2D eigenvalue weighted by atomic mass is 16.5. The summed E-state index contributed by atoms with van der Waals surface area (Å²) in [5, 5.41) is 6.74. The van der Waals surface area contributed by atoms with E-state index in [1.54, 1.807) is 28.4 Å². The molecule has 1 fully saturated rings. The molecule has 0 bridgehead atoms. The fourth-order valence-electron chi connectivity index (χ4n) is 3.08. The zero-order valence-electron chi connectivity index (χ0n) is 15.9. The van der Waals surface area contributed by atoms with Crippen molar-refractivity contribution in [3.05, 3.63) is 17.7 Å². The molecule has 1 unspecified atom stereocenters. The van der Waals surface area contributed by atoms with Gasteiger partial charge in [-0.05, 0) is 43.6 Å². The summed E-state index contributed by atoms with van der Waals surface area (Å²) < 4.78 is 16.1. The lowest BCUT2D eigenvalue weighted by Crippen LogP contribution is -2.39. The Morgan fingerprint density at radius 1 is 1.16 bits per heavy atom. The van der Waals surface area contributed by atoms with Gasteiger partial charge in [-0.3, -0.25) is 4.99 Å². The van der Waals surface area contributed by atoms with E-state index in [1.807, 2.05) is 12.1 Å². The van der Waals surface area contributed by atoms with Crippen molar-refractivity contribution in [2.24, 2.45) is 10.9 Å². The molecule has 140 valence electrons. The summed E-state index contributed by atoms with van der Waals surface area (Å²) in [7, 11) is 8.79. The van der Waals surface area contributed by atoms with E-state index in [-0.39, 0.29) is 0 Å². The molecule has 1 aliphatic rings. The lowest BCUT2D eigenvalue weighted by Gasteiger charge is -2.17. The third kappa shape index (κ3) is 5.16. The highest BCUT2D eigenvalue weighted by Crippen LogP contribution is 2.38. The number of rotatable bonds is 7. The molecule has 1 saturated heterocycles. The average Bonchev–Trinajstić information content (AvgIpc) is 3.06. The van der Waals surface area contributed by atoms with Gasteiger partial charge in [-0.15, -0.1) is 0 Å². The van der Waals surface area contributed by atoms with Crippen molar-refractivity contribution in [3.8, 4) is 17.2 Å². The van der Waals surface area contributed by atoms with Gasteiger partial charge >= 0.3 is 0 Å². The minimum Gasteiger partial charge on any atom is -0.493 e. The van der Waals surface area contributed by atoms with E-state index < -0.39 is 0 Å². The van der Waals surface area contributed by atoms with Gasteiger partial charge in [0.2, 0.25) is 5.75 Å². The largest absolute Gasteiger partial charge is 0.493 e. The summed E-state index contributed by atoms with van der Waals surface area (Å²) in [6, 6.07) is 3.88. The molecule has 0 aromatic heterocycles. The molecule has 0 radical (unpaired) electrons. The summed E-state index contributed by atoms with van der Waals surface area (Å²) in [5.41, 5.74) is 1.03. The molecule has 0 amide bonds. The van der Waals surface area contributed by atoms with Gasteiger partial charge in [0.25, 0.3) is 0 Å². The third-order valence-electron chi connectivity index (χ3n) is 4.46. The first kappa shape index (κ1) is 19.2. The van der Waals surface area contributed by atoms with Crippen LogP contribution in [0.2, 0.25) is 0 Å². The Balaban J connectivity index is 1.94. The number of likely N-dealkylation sites (tertiary alicyclic amines) is 1. The van der Waals surface area contributed by atoms with E-state index in [0.717, 1.165) is 24.6 Å². The van der Waals surface area contributed by atoms with Crippen molar-refractivity contribution in [2.45, 2.75) is 13.0 Å². The van der Waals surface area contributed by atoms with Crippen molar-refractivity contribution in [1.82, 2.24) is 15.5 Å². The van der Waals surface area contributed by atoms with E-state index in [9.17, 15) is 0 Å². The molecule has 0 aliphatic carbocycles. The van der Waals surface area contributed by atoms with E-state index in [1.165, 1.54) is 13.0 Å². The van der Waals surface area contributed by atoms with Crippen molar-refractivity contribution in [1.29, 1.82) is 0 Å². The van der Waals surface area contributed by atoms with E-state index in [0.29, 0.717) is 29.7 Å². The van der Waals surface area contributed by atoms with Gasteiger partial charge in [0.05, 0.1) is 21.3 Å². The molecule has 0 saturated carbocycles. The molecule has 1 aliphatic heterocycles. The van der Waals surface area contributed by atoms with Crippen LogP contribution in [0.15, 0.2) is 17.1 Å². The number of nitrogens with one attached hydrogen (secondary N) is 2. The Morgan fingerprint density at radius 2 is 1.84 bits per heavy atom. The monoisotopic (exact) mass is 350 g/mol. The summed E-state index contributed by atoms with van der Waals surface area (Å²) in [6.07, 6.45) is 1.23. The maximum atomic E-state index is 5.39. The van der Waals surface area contributed by atoms with Crippen molar-refractivity contribution in [2.75, 3.05) is 55.1 Å². The average molecular weight is 350 g/mol. The predicted molar refractivity (Wildman–Crippen MR) is 99.9 cm³/mol. The first-order valence-corrected chi connectivity index (χ1v) is 8.53. The molecule has 0 spiro atoms. The van der Waals surface area contributed by atoms with Crippen LogP contribution >= 0.6 is 0 Å². The lowest BCUT2D eigenvalue weighted by molar-refractivity contribution is 0.323. The number of nitrogens with zero attached hydrogens (tertiary/aromatic N) is 2. The Morgan fingerprint density at radius 3 is 2.32 bits per heavy atom. The predicted octanol–water partition coefficient (Wildman–Crippen LogP) is 1.33. The van der Waals surface area contributed by atoms with Gasteiger partial charge in [0.1, 0.15) is 0 Å². The van der Waals surface area contributed by atoms with Crippen LogP contribution in [0.4, 0.5) is 0 Å². The van der Waals surface area contributed by atoms with E-state index in [4.69, 9.17) is 14.2 Å². The fraction of sp³-hybridized carbons (Fsp3) is 0.611. The minimum atomic E-state index is 0.599. The number of methoxy groups -OCH3 is 3. The van der Waals surface area contributed by atoms with Gasteiger partial charge in [0, 0.05) is 26.7 Å². The Hall–Kier alpha value is -2.15. The summed E-state index contributed by atoms with van der Waals surface area (Å²) in [4.78, 5) is 6.66. The molecule has 1 aromatic rings. The highest BCUT2D eigenvalue weighted by molar-refractivity contribution is 5.79. The Bertz CT molecular complexity index is 567. The number of hydrogen-bond donors (Lipinski definition) is 2. The molecule has 25 heavy (non-hydrogen) atoms. The van der Waals surface area contributed by atoms with Gasteiger partial charge in [0.15, 0.2) is 17.5 Å². The van der Waals surface area contributed by atoms with Crippen molar-refractivity contribution < 1.29 is 14.2 Å². The quantitative estimate of drug-likeness (QED) is 0.571. The maximum Gasteiger partial charge on any atom is 0.203 e. The normalized spacial score (nSPS) is 18.1.